The normalized spacial score (nSPS) is 53.5. The quantitative estimate of drug-likeness (QED) is 0.675. The Morgan fingerprint density at radius 1 is 1.00 bits per heavy atom. The molecule has 124 valence electrons. The maximum atomic E-state index is 12.2. The van der Waals surface area contributed by atoms with Crippen LogP contribution < -0.4 is 0 Å². The zero-order chi connectivity index (χ0) is 15.8. The van der Waals surface area contributed by atoms with Gasteiger partial charge in [-0.15, -0.1) is 0 Å². The van der Waals surface area contributed by atoms with E-state index in [1.165, 1.54) is 38.5 Å². The summed E-state index contributed by atoms with van der Waals surface area (Å²) in [5, 5.41) is 20.0. The number of fused-ring (bicyclic) bond motifs is 5. The molecule has 4 aliphatic rings. The van der Waals surface area contributed by atoms with Crippen molar-refractivity contribution < 1.29 is 15.0 Å². The molecule has 6 atom stereocenters. The lowest BCUT2D eigenvalue weighted by Gasteiger charge is -2.60. The highest BCUT2D eigenvalue weighted by Crippen LogP contribution is 2.66. The van der Waals surface area contributed by atoms with Gasteiger partial charge in [-0.05, 0) is 73.0 Å². The zero-order valence-corrected chi connectivity index (χ0v) is 14.0. The van der Waals surface area contributed by atoms with Gasteiger partial charge in [-0.1, -0.05) is 20.3 Å². The van der Waals surface area contributed by atoms with E-state index in [0.29, 0.717) is 23.7 Å². The van der Waals surface area contributed by atoms with E-state index < -0.39 is 5.79 Å². The first kappa shape index (κ1) is 15.1. The molecule has 4 fully saturated rings. The summed E-state index contributed by atoms with van der Waals surface area (Å²) < 4.78 is 0. The molecule has 4 rings (SSSR count). The Hall–Kier alpha value is -0.410. The lowest BCUT2D eigenvalue weighted by molar-refractivity contribution is -0.221. The van der Waals surface area contributed by atoms with Crippen LogP contribution in [0, 0.1) is 34.5 Å². The van der Waals surface area contributed by atoms with Crippen molar-refractivity contribution in [1.82, 2.24) is 0 Å². The second-order valence-corrected chi connectivity index (χ2v) is 9.36. The fourth-order valence-corrected chi connectivity index (χ4v) is 7.08. The van der Waals surface area contributed by atoms with E-state index in [2.05, 4.69) is 13.8 Å². The third-order valence-corrected chi connectivity index (χ3v) is 8.37. The molecule has 0 aromatic carbocycles. The fraction of sp³-hybridized carbons (Fsp3) is 0.947. The van der Waals surface area contributed by atoms with Crippen LogP contribution in [0.5, 0.6) is 0 Å². The molecule has 0 spiro atoms. The number of Topliss-reactive ketones (excluding diaryl/α,β-unsaturated/α-hetero) is 1. The second-order valence-electron chi connectivity index (χ2n) is 9.36. The summed E-state index contributed by atoms with van der Waals surface area (Å²) in [5.74, 6) is 0.115. The van der Waals surface area contributed by atoms with E-state index in [1.54, 1.807) is 0 Å². The summed E-state index contributed by atoms with van der Waals surface area (Å²) in [6, 6.07) is 0. The lowest BCUT2D eigenvalue weighted by atomic mass is 9.45. The van der Waals surface area contributed by atoms with Crippen LogP contribution in [0.1, 0.15) is 71.6 Å². The molecular weight excluding hydrogens is 276 g/mol. The van der Waals surface area contributed by atoms with Crippen LogP contribution in [0.4, 0.5) is 0 Å². The van der Waals surface area contributed by atoms with Gasteiger partial charge in [0.05, 0.1) is 0 Å². The van der Waals surface area contributed by atoms with Gasteiger partial charge in [0.15, 0.2) is 5.78 Å². The Morgan fingerprint density at radius 3 is 2.55 bits per heavy atom. The molecule has 0 aromatic rings. The average molecular weight is 306 g/mol. The highest BCUT2D eigenvalue weighted by Gasteiger charge is 2.61. The van der Waals surface area contributed by atoms with Crippen LogP contribution in [-0.2, 0) is 4.79 Å². The number of hydrogen-bond acceptors (Lipinski definition) is 3. The van der Waals surface area contributed by atoms with Gasteiger partial charge in [-0.25, -0.2) is 0 Å². The van der Waals surface area contributed by atoms with Crippen LogP contribution in [-0.4, -0.2) is 21.8 Å². The Labute approximate surface area is 133 Å². The first-order valence-corrected chi connectivity index (χ1v) is 9.24. The van der Waals surface area contributed by atoms with E-state index in [0.717, 1.165) is 18.3 Å². The molecule has 4 saturated carbocycles. The molecular formula is C19H30O3. The summed E-state index contributed by atoms with van der Waals surface area (Å²) in [6.45, 7) is 4.77. The second kappa shape index (κ2) is 4.57. The molecule has 0 aromatic heterocycles. The maximum absolute atomic E-state index is 12.2. The molecule has 2 N–H and O–H groups in total. The van der Waals surface area contributed by atoms with E-state index in [9.17, 15) is 15.0 Å². The highest BCUT2D eigenvalue weighted by molar-refractivity contribution is 5.86. The van der Waals surface area contributed by atoms with E-state index in [4.69, 9.17) is 0 Å². The highest BCUT2D eigenvalue weighted by atomic mass is 16.5. The van der Waals surface area contributed by atoms with Crippen LogP contribution in [0.3, 0.4) is 0 Å². The van der Waals surface area contributed by atoms with Crippen molar-refractivity contribution >= 4 is 5.78 Å². The van der Waals surface area contributed by atoms with Crippen molar-refractivity contribution in [3.8, 4) is 0 Å². The average Bonchev–Trinajstić information content (AvgIpc) is 2.82. The van der Waals surface area contributed by atoms with E-state index in [-0.39, 0.29) is 17.6 Å². The number of ketones is 1. The van der Waals surface area contributed by atoms with Crippen molar-refractivity contribution in [3.05, 3.63) is 0 Å². The summed E-state index contributed by atoms with van der Waals surface area (Å²) in [6.07, 6.45) is 9.60. The Kier molecular flexibility index (Phi) is 3.14. The number of hydrogen-bond donors (Lipinski definition) is 2. The molecule has 1 unspecified atom stereocenters. The van der Waals surface area contributed by atoms with Gasteiger partial charge in [0.25, 0.3) is 0 Å². The zero-order valence-electron chi connectivity index (χ0n) is 14.0. The standard InChI is InChI=1S/C19H30O3/c1-17-8-3-4-14(17)13-6-5-12-10-19(21,22)16(20)11-18(12,2)15(13)7-9-17/h12-15,21-22H,3-11H2,1-2H3/t12?,13-,14-,15-,17-,18-/m0/s1. The molecule has 22 heavy (non-hydrogen) atoms. The fourth-order valence-electron chi connectivity index (χ4n) is 7.08. The smallest absolute Gasteiger partial charge is 0.224 e. The molecule has 0 amide bonds. The number of carbonyl (C=O) groups excluding carboxylic acids is 1. The van der Waals surface area contributed by atoms with Crippen molar-refractivity contribution in [2.45, 2.75) is 77.4 Å². The number of rotatable bonds is 0. The lowest BCUT2D eigenvalue weighted by Crippen LogP contribution is -2.58. The topological polar surface area (TPSA) is 57.5 Å². The van der Waals surface area contributed by atoms with Gasteiger partial charge in [0.2, 0.25) is 5.79 Å². The summed E-state index contributed by atoms with van der Waals surface area (Å²) in [7, 11) is 0. The minimum atomic E-state index is -2.06. The predicted molar refractivity (Wildman–Crippen MR) is 83.9 cm³/mol. The molecule has 3 heteroatoms. The summed E-state index contributed by atoms with van der Waals surface area (Å²) in [5.41, 5.74) is 0.541. The summed E-state index contributed by atoms with van der Waals surface area (Å²) >= 11 is 0. The van der Waals surface area contributed by atoms with Gasteiger partial charge in [0.1, 0.15) is 0 Å². The van der Waals surface area contributed by atoms with Crippen molar-refractivity contribution in [3.63, 3.8) is 0 Å². The van der Waals surface area contributed by atoms with Crippen molar-refractivity contribution in [1.29, 1.82) is 0 Å². The van der Waals surface area contributed by atoms with Crippen LogP contribution >= 0.6 is 0 Å². The van der Waals surface area contributed by atoms with Gasteiger partial charge in [0, 0.05) is 12.8 Å². The molecule has 0 saturated heterocycles. The molecule has 0 radical (unpaired) electrons. The molecule has 3 nitrogen and oxygen atoms in total. The summed E-state index contributed by atoms with van der Waals surface area (Å²) in [4.78, 5) is 12.2. The monoisotopic (exact) mass is 306 g/mol. The Bertz CT molecular complexity index is 499. The third-order valence-electron chi connectivity index (χ3n) is 8.37. The number of aliphatic hydroxyl groups is 2. The molecule has 4 aliphatic carbocycles. The SMILES string of the molecule is C[C@@]12CCC[C@H]1[C@@H]1CCC3CC(O)(O)C(=O)C[C@]3(C)[C@H]1CC2. The van der Waals surface area contributed by atoms with Gasteiger partial charge in [-0.2, -0.15) is 0 Å². The largest absolute Gasteiger partial charge is 0.360 e. The third kappa shape index (κ3) is 1.91. The first-order chi connectivity index (χ1) is 10.3. The Balaban J connectivity index is 1.65. The van der Waals surface area contributed by atoms with Gasteiger partial charge < -0.3 is 10.2 Å². The molecule has 0 bridgehead atoms. The van der Waals surface area contributed by atoms with Gasteiger partial charge in [-0.3, -0.25) is 4.79 Å². The first-order valence-electron chi connectivity index (χ1n) is 9.24. The van der Waals surface area contributed by atoms with Crippen molar-refractivity contribution in [2.75, 3.05) is 0 Å². The maximum Gasteiger partial charge on any atom is 0.224 e. The Morgan fingerprint density at radius 2 is 1.77 bits per heavy atom. The van der Waals surface area contributed by atoms with Crippen LogP contribution in [0.15, 0.2) is 0 Å². The van der Waals surface area contributed by atoms with Crippen LogP contribution in [0.2, 0.25) is 0 Å². The minimum Gasteiger partial charge on any atom is -0.360 e. The van der Waals surface area contributed by atoms with Crippen molar-refractivity contribution in [2.24, 2.45) is 34.5 Å². The van der Waals surface area contributed by atoms with E-state index >= 15 is 0 Å². The number of carbonyl (C=O) groups is 1. The molecule has 0 aliphatic heterocycles. The minimum absolute atomic E-state index is 0.00111. The molecule has 0 heterocycles. The van der Waals surface area contributed by atoms with Gasteiger partial charge >= 0.3 is 0 Å². The predicted octanol–water partition coefficient (Wildman–Crippen LogP) is 3.28. The van der Waals surface area contributed by atoms with Crippen LogP contribution in [0.25, 0.3) is 0 Å². The van der Waals surface area contributed by atoms with E-state index in [1.807, 2.05) is 0 Å².